The van der Waals surface area contributed by atoms with Gasteiger partial charge >= 0.3 is 0 Å². The molecule has 1 aromatic heterocycles. The van der Waals surface area contributed by atoms with E-state index in [2.05, 4.69) is 5.10 Å². The van der Waals surface area contributed by atoms with E-state index >= 15 is 0 Å². The molecule has 124 valence electrons. The van der Waals surface area contributed by atoms with E-state index in [1.165, 1.54) is 32.1 Å². The summed E-state index contributed by atoms with van der Waals surface area (Å²) in [5, 5.41) is 4.49. The molecule has 5 nitrogen and oxygen atoms in total. The number of hydrogen-bond donors (Lipinski definition) is 0. The molecule has 0 bridgehead atoms. The first-order chi connectivity index (χ1) is 11.3. The molecule has 2 aliphatic heterocycles. The molecule has 3 aliphatic rings. The van der Waals surface area contributed by atoms with Crippen LogP contribution < -0.4 is 0 Å². The minimum Gasteiger partial charge on any atom is -0.381 e. The van der Waals surface area contributed by atoms with Gasteiger partial charge in [-0.25, -0.2) is 9.67 Å². The third kappa shape index (κ3) is 3.11. The van der Waals surface area contributed by atoms with Gasteiger partial charge in [0.25, 0.3) is 0 Å². The van der Waals surface area contributed by atoms with Crippen molar-refractivity contribution in [2.24, 2.45) is 10.9 Å². The normalized spacial score (nSPS) is 23.7. The lowest BCUT2D eigenvalue weighted by molar-refractivity contribution is 0.0667. The molecule has 1 aromatic rings. The monoisotopic (exact) mass is 315 g/mol. The first kappa shape index (κ1) is 15.1. The summed E-state index contributed by atoms with van der Waals surface area (Å²) in [4.78, 5) is 17.4. The van der Waals surface area contributed by atoms with Crippen LogP contribution in [0.2, 0.25) is 0 Å². The first-order valence-corrected chi connectivity index (χ1v) is 9.06. The minimum atomic E-state index is 0.194. The summed E-state index contributed by atoms with van der Waals surface area (Å²) >= 11 is 0. The Hall–Kier alpha value is -1.49. The number of rotatable bonds is 3. The third-order valence-electron chi connectivity index (χ3n) is 5.48. The van der Waals surface area contributed by atoms with Crippen molar-refractivity contribution < 1.29 is 9.53 Å². The van der Waals surface area contributed by atoms with Crippen molar-refractivity contribution in [2.45, 2.75) is 63.8 Å². The second-order valence-corrected chi connectivity index (χ2v) is 7.16. The Morgan fingerprint density at radius 3 is 2.70 bits per heavy atom. The topological polar surface area (TPSA) is 56.5 Å². The highest BCUT2D eigenvalue weighted by molar-refractivity contribution is 6.15. The highest BCUT2D eigenvalue weighted by Crippen LogP contribution is 2.34. The van der Waals surface area contributed by atoms with Gasteiger partial charge < -0.3 is 4.74 Å². The predicted octanol–water partition coefficient (Wildman–Crippen LogP) is 3.86. The number of hydrogen-bond acceptors (Lipinski definition) is 4. The molecule has 0 aromatic carbocycles. The lowest BCUT2D eigenvalue weighted by atomic mass is 9.84. The van der Waals surface area contributed by atoms with Crippen LogP contribution >= 0.6 is 0 Å². The summed E-state index contributed by atoms with van der Waals surface area (Å²) in [5.74, 6) is 1.72. The van der Waals surface area contributed by atoms with Gasteiger partial charge in [0.1, 0.15) is 0 Å². The van der Waals surface area contributed by atoms with Crippen molar-refractivity contribution in [1.29, 1.82) is 0 Å². The van der Waals surface area contributed by atoms with Gasteiger partial charge in [-0.3, -0.25) is 4.79 Å². The third-order valence-corrected chi connectivity index (χ3v) is 5.48. The molecule has 0 N–H and O–H groups in total. The Kier molecular flexibility index (Phi) is 4.29. The summed E-state index contributed by atoms with van der Waals surface area (Å²) in [7, 11) is 0. The van der Waals surface area contributed by atoms with Crippen LogP contribution in [0, 0.1) is 5.92 Å². The van der Waals surface area contributed by atoms with Crippen molar-refractivity contribution >= 4 is 17.3 Å². The summed E-state index contributed by atoms with van der Waals surface area (Å²) in [6.45, 7) is 1.54. The van der Waals surface area contributed by atoms with E-state index in [1.807, 2.05) is 4.68 Å². The van der Waals surface area contributed by atoms with Crippen LogP contribution in [0.5, 0.6) is 0 Å². The number of fused-ring (bicyclic) bond motifs is 1. The Balaban J connectivity index is 1.57. The van der Waals surface area contributed by atoms with Crippen LogP contribution in [0.1, 0.15) is 74.2 Å². The molecule has 0 amide bonds. The maximum atomic E-state index is 12.5. The van der Waals surface area contributed by atoms with Crippen molar-refractivity contribution in [3.8, 4) is 0 Å². The van der Waals surface area contributed by atoms with Crippen LogP contribution in [-0.2, 0) is 4.74 Å². The van der Waals surface area contributed by atoms with Crippen LogP contribution in [0.4, 0.5) is 5.82 Å². The average molecular weight is 315 g/mol. The number of aromatic nitrogens is 2. The van der Waals surface area contributed by atoms with Gasteiger partial charge in [0.2, 0.25) is 0 Å². The van der Waals surface area contributed by atoms with Gasteiger partial charge in [0, 0.05) is 25.3 Å². The van der Waals surface area contributed by atoms with E-state index < -0.39 is 0 Å². The van der Waals surface area contributed by atoms with Crippen LogP contribution in [0.15, 0.2) is 11.2 Å². The molecule has 1 saturated carbocycles. The van der Waals surface area contributed by atoms with E-state index in [4.69, 9.17) is 9.73 Å². The number of nitrogens with zero attached hydrogens (tertiary/aromatic N) is 3. The fourth-order valence-electron chi connectivity index (χ4n) is 4.17. The lowest BCUT2D eigenvalue weighted by Crippen LogP contribution is -2.22. The van der Waals surface area contributed by atoms with Crippen LogP contribution in [-0.4, -0.2) is 34.5 Å². The Labute approximate surface area is 137 Å². The highest BCUT2D eigenvalue weighted by atomic mass is 16.5. The summed E-state index contributed by atoms with van der Waals surface area (Å²) < 4.78 is 7.42. The standard InChI is InChI=1S/C18H25N3O2/c22-17-11-14(10-13-4-2-1-3-5-13)20-18-16(17)12-19-21(18)15-6-8-23-9-7-15/h12-13,15H,1-11H2. The van der Waals surface area contributed by atoms with Gasteiger partial charge in [0.15, 0.2) is 11.6 Å². The van der Waals surface area contributed by atoms with Crippen molar-refractivity contribution in [3.05, 3.63) is 11.8 Å². The summed E-state index contributed by atoms with van der Waals surface area (Å²) in [6, 6.07) is 0.318. The quantitative estimate of drug-likeness (QED) is 0.851. The van der Waals surface area contributed by atoms with E-state index in [-0.39, 0.29) is 5.78 Å². The van der Waals surface area contributed by atoms with Gasteiger partial charge in [-0.2, -0.15) is 5.10 Å². The predicted molar refractivity (Wildman–Crippen MR) is 88.6 cm³/mol. The Bertz CT molecular complexity index is 608. The second-order valence-electron chi connectivity index (χ2n) is 7.16. The average Bonchev–Trinajstić information content (AvgIpc) is 3.01. The molecular weight excluding hydrogens is 290 g/mol. The molecule has 0 atom stereocenters. The Morgan fingerprint density at radius 1 is 1.13 bits per heavy atom. The van der Waals surface area contributed by atoms with E-state index in [0.717, 1.165) is 49.9 Å². The Morgan fingerprint density at radius 2 is 1.91 bits per heavy atom. The second kappa shape index (κ2) is 6.56. The van der Waals surface area contributed by atoms with Gasteiger partial charge in [0.05, 0.1) is 17.8 Å². The number of ether oxygens (including phenoxy) is 1. The zero-order valence-corrected chi connectivity index (χ0v) is 13.7. The highest BCUT2D eigenvalue weighted by Gasteiger charge is 2.29. The van der Waals surface area contributed by atoms with E-state index in [0.29, 0.717) is 18.0 Å². The van der Waals surface area contributed by atoms with E-state index in [9.17, 15) is 4.79 Å². The molecule has 0 radical (unpaired) electrons. The van der Waals surface area contributed by atoms with E-state index in [1.54, 1.807) is 6.20 Å². The molecule has 3 heterocycles. The maximum Gasteiger partial charge on any atom is 0.173 e. The molecule has 0 spiro atoms. The number of Topliss-reactive ketones (excluding diaryl/α,β-unsaturated/α-hetero) is 1. The zero-order chi connectivity index (χ0) is 15.6. The number of ketones is 1. The smallest absolute Gasteiger partial charge is 0.173 e. The van der Waals surface area contributed by atoms with Gasteiger partial charge in [-0.1, -0.05) is 32.1 Å². The summed E-state index contributed by atoms with van der Waals surface area (Å²) in [6.07, 6.45) is 11.7. The summed E-state index contributed by atoms with van der Waals surface area (Å²) in [5.41, 5.74) is 1.78. The van der Waals surface area contributed by atoms with Crippen LogP contribution in [0.25, 0.3) is 0 Å². The lowest BCUT2D eigenvalue weighted by Gasteiger charge is -2.25. The molecule has 23 heavy (non-hydrogen) atoms. The van der Waals surface area contributed by atoms with Crippen molar-refractivity contribution in [2.75, 3.05) is 13.2 Å². The first-order valence-electron chi connectivity index (χ1n) is 9.06. The molecule has 2 fully saturated rings. The molecular formula is C18H25N3O2. The van der Waals surface area contributed by atoms with Crippen LogP contribution in [0.3, 0.4) is 0 Å². The fourth-order valence-corrected chi connectivity index (χ4v) is 4.17. The molecule has 5 heteroatoms. The molecule has 1 saturated heterocycles. The maximum absolute atomic E-state index is 12.5. The van der Waals surface area contributed by atoms with Gasteiger partial charge in [-0.15, -0.1) is 0 Å². The zero-order valence-electron chi connectivity index (χ0n) is 13.7. The SMILES string of the molecule is O=C1CC(CC2CCCCC2)=Nc2c1cnn2C1CCOCC1. The molecule has 4 rings (SSSR count). The van der Waals surface area contributed by atoms with Gasteiger partial charge in [-0.05, 0) is 25.2 Å². The van der Waals surface area contributed by atoms with Crippen molar-refractivity contribution in [1.82, 2.24) is 9.78 Å². The minimum absolute atomic E-state index is 0.194. The number of aliphatic imine (C=N–C) groups is 1. The molecule has 0 unspecified atom stereocenters. The molecule has 1 aliphatic carbocycles. The largest absolute Gasteiger partial charge is 0.381 e. The number of carbonyl (C=O) groups excluding carboxylic acids is 1. The fraction of sp³-hybridized carbons (Fsp3) is 0.722. The van der Waals surface area contributed by atoms with Crippen molar-refractivity contribution in [3.63, 3.8) is 0 Å². The number of carbonyl (C=O) groups is 1.